The van der Waals surface area contributed by atoms with Crippen LogP contribution in [0.4, 0.5) is 5.69 Å². The smallest absolute Gasteiger partial charge is 0.254 e. The van der Waals surface area contributed by atoms with Gasteiger partial charge in [0.2, 0.25) is 0 Å². The van der Waals surface area contributed by atoms with Crippen molar-refractivity contribution in [2.75, 3.05) is 31.6 Å². The Bertz CT molecular complexity index is 1360. The lowest BCUT2D eigenvalue weighted by Gasteiger charge is -2.40. The van der Waals surface area contributed by atoms with Crippen LogP contribution >= 0.6 is 0 Å². The van der Waals surface area contributed by atoms with Crippen molar-refractivity contribution in [1.29, 1.82) is 5.41 Å². The number of aryl methyl sites for hydroxylation is 1. The first-order valence-corrected chi connectivity index (χ1v) is 16.8. The summed E-state index contributed by atoms with van der Waals surface area (Å²) in [6.45, 7) is 12.1. The predicted octanol–water partition coefficient (Wildman–Crippen LogP) is 6.12. The molecule has 0 unspecified atom stereocenters. The Hall–Kier alpha value is -3.18. The minimum absolute atomic E-state index is 0.0777. The molecular formula is C32H39N3OSi. The van der Waals surface area contributed by atoms with E-state index in [4.69, 9.17) is 5.41 Å². The van der Waals surface area contributed by atoms with Crippen molar-refractivity contribution in [1.82, 2.24) is 4.90 Å². The highest BCUT2D eigenvalue weighted by Crippen LogP contribution is 2.44. The van der Waals surface area contributed by atoms with E-state index in [9.17, 15) is 4.79 Å². The van der Waals surface area contributed by atoms with E-state index in [2.05, 4.69) is 68.3 Å². The molecule has 2 heterocycles. The summed E-state index contributed by atoms with van der Waals surface area (Å²) in [5.41, 5.74) is 8.75. The number of carbonyl (C=O) groups excluding carboxylic acids is 1. The fourth-order valence-corrected chi connectivity index (χ4v) is 9.27. The first kappa shape index (κ1) is 25.5. The minimum Gasteiger partial charge on any atom is -0.372 e. The summed E-state index contributed by atoms with van der Waals surface area (Å²) in [6.07, 6.45) is 10.4. The first-order valence-electron chi connectivity index (χ1n) is 13.8. The zero-order valence-electron chi connectivity index (χ0n) is 22.9. The molecule has 0 saturated carbocycles. The van der Waals surface area contributed by atoms with E-state index >= 15 is 0 Å². The van der Waals surface area contributed by atoms with Gasteiger partial charge in [0.1, 0.15) is 8.07 Å². The Morgan fingerprint density at radius 1 is 1.11 bits per heavy atom. The van der Waals surface area contributed by atoms with E-state index in [0.29, 0.717) is 5.71 Å². The number of nitrogens with one attached hydrogen (secondary N) is 1. The highest BCUT2D eigenvalue weighted by molar-refractivity contribution is 6.98. The van der Waals surface area contributed by atoms with Crippen LogP contribution in [0.5, 0.6) is 0 Å². The number of allylic oxidation sites excluding steroid dienone is 5. The molecule has 2 aromatic rings. The lowest BCUT2D eigenvalue weighted by atomic mass is 9.85. The third kappa shape index (κ3) is 4.33. The molecule has 3 aliphatic rings. The molecule has 0 fully saturated rings. The average molecular weight is 510 g/mol. The molecule has 192 valence electrons. The number of unbranched alkanes of at least 4 members (excludes halogenated alkanes) is 1. The molecule has 0 radical (unpaired) electrons. The van der Waals surface area contributed by atoms with Gasteiger partial charge in [0, 0.05) is 37.9 Å². The zero-order valence-corrected chi connectivity index (χ0v) is 23.9. The SMILES string of the molecule is CCCCN(C)C(=O)c1ccccc1C1=C2C=CC(=N)C=C2[Si](C)(C)c2cc3c(cc21)CCCN3CC. The van der Waals surface area contributed by atoms with Gasteiger partial charge in [-0.1, -0.05) is 50.7 Å². The summed E-state index contributed by atoms with van der Waals surface area (Å²) in [6, 6.07) is 13.0. The Kier molecular flexibility index (Phi) is 6.84. The maximum atomic E-state index is 13.7. The van der Waals surface area contributed by atoms with Crippen LogP contribution < -0.4 is 10.1 Å². The van der Waals surface area contributed by atoms with E-state index in [0.717, 1.165) is 55.6 Å². The van der Waals surface area contributed by atoms with Crippen molar-refractivity contribution in [3.63, 3.8) is 0 Å². The van der Waals surface area contributed by atoms with Gasteiger partial charge in [0.05, 0.1) is 5.71 Å². The van der Waals surface area contributed by atoms with Crippen LogP contribution in [0.3, 0.4) is 0 Å². The molecule has 2 aromatic carbocycles. The van der Waals surface area contributed by atoms with Crippen LogP contribution in [-0.2, 0) is 6.42 Å². The number of nitrogens with zero attached hydrogens (tertiary/aromatic N) is 2. The molecule has 0 bridgehead atoms. The average Bonchev–Trinajstić information content (AvgIpc) is 2.91. The van der Waals surface area contributed by atoms with Crippen molar-refractivity contribution in [2.45, 2.75) is 52.6 Å². The second-order valence-corrected chi connectivity index (χ2v) is 15.4. The van der Waals surface area contributed by atoms with Gasteiger partial charge in [0.15, 0.2) is 0 Å². The van der Waals surface area contributed by atoms with Crippen LogP contribution in [0.25, 0.3) is 5.57 Å². The summed E-state index contributed by atoms with van der Waals surface area (Å²) < 4.78 is 0. The normalized spacial score (nSPS) is 17.7. The van der Waals surface area contributed by atoms with E-state index in [1.165, 1.54) is 39.2 Å². The second kappa shape index (κ2) is 9.94. The van der Waals surface area contributed by atoms with Crippen molar-refractivity contribution in [2.24, 2.45) is 0 Å². The van der Waals surface area contributed by atoms with Crippen LogP contribution in [0.15, 0.2) is 65.4 Å². The van der Waals surface area contributed by atoms with Gasteiger partial charge in [-0.25, -0.2) is 0 Å². The van der Waals surface area contributed by atoms with Gasteiger partial charge >= 0.3 is 0 Å². The summed E-state index contributed by atoms with van der Waals surface area (Å²) >= 11 is 0. The van der Waals surface area contributed by atoms with E-state index in [-0.39, 0.29) is 5.91 Å². The van der Waals surface area contributed by atoms with Crippen molar-refractivity contribution < 1.29 is 4.79 Å². The molecule has 2 aliphatic heterocycles. The lowest BCUT2D eigenvalue weighted by Crippen LogP contribution is -2.50. The zero-order chi connectivity index (χ0) is 26.3. The van der Waals surface area contributed by atoms with E-state index < -0.39 is 8.07 Å². The maximum absolute atomic E-state index is 13.7. The molecule has 0 atom stereocenters. The number of hydrogen-bond donors (Lipinski definition) is 1. The summed E-state index contributed by atoms with van der Waals surface area (Å²) in [5.74, 6) is 0.0777. The van der Waals surface area contributed by atoms with Gasteiger partial charge < -0.3 is 15.2 Å². The van der Waals surface area contributed by atoms with E-state index in [1.807, 2.05) is 30.2 Å². The third-order valence-electron chi connectivity index (χ3n) is 8.34. The summed E-state index contributed by atoms with van der Waals surface area (Å²) in [7, 11) is -0.169. The number of rotatable bonds is 6. The van der Waals surface area contributed by atoms with Crippen LogP contribution in [0, 0.1) is 5.41 Å². The van der Waals surface area contributed by atoms with E-state index in [1.54, 1.807) is 0 Å². The van der Waals surface area contributed by atoms with Gasteiger partial charge in [-0.2, -0.15) is 0 Å². The van der Waals surface area contributed by atoms with Crippen LogP contribution in [-0.4, -0.2) is 51.3 Å². The molecule has 0 saturated heterocycles. The van der Waals surface area contributed by atoms with Crippen LogP contribution in [0.1, 0.15) is 60.2 Å². The molecular weight excluding hydrogens is 470 g/mol. The van der Waals surface area contributed by atoms with Gasteiger partial charge in [-0.3, -0.25) is 4.79 Å². The fourth-order valence-electron chi connectivity index (χ4n) is 6.21. The van der Waals surface area contributed by atoms with Gasteiger partial charge in [-0.15, -0.1) is 0 Å². The largest absolute Gasteiger partial charge is 0.372 e. The van der Waals surface area contributed by atoms with Crippen molar-refractivity contribution in [3.8, 4) is 0 Å². The van der Waals surface area contributed by atoms with Crippen molar-refractivity contribution in [3.05, 3.63) is 87.6 Å². The quantitative estimate of drug-likeness (QED) is 0.477. The lowest BCUT2D eigenvalue weighted by molar-refractivity contribution is 0.0793. The second-order valence-electron chi connectivity index (χ2n) is 11.1. The number of anilines is 1. The highest BCUT2D eigenvalue weighted by Gasteiger charge is 2.41. The van der Waals surface area contributed by atoms with Gasteiger partial charge in [-0.05, 0) is 94.8 Å². The number of amides is 1. The molecule has 5 rings (SSSR count). The van der Waals surface area contributed by atoms with Gasteiger partial charge in [0.25, 0.3) is 5.91 Å². The Balaban J connectivity index is 1.78. The number of hydrogen-bond acceptors (Lipinski definition) is 3. The summed E-state index contributed by atoms with van der Waals surface area (Å²) in [4.78, 5) is 18.1. The summed E-state index contributed by atoms with van der Waals surface area (Å²) in [5, 5.41) is 11.2. The first-order chi connectivity index (χ1) is 17.8. The number of fused-ring (bicyclic) bond motifs is 3. The monoisotopic (exact) mass is 509 g/mol. The maximum Gasteiger partial charge on any atom is 0.254 e. The van der Waals surface area contributed by atoms with Crippen LogP contribution in [0.2, 0.25) is 13.1 Å². The Morgan fingerprint density at radius 3 is 2.65 bits per heavy atom. The molecule has 1 aliphatic carbocycles. The molecule has 37 heavy (non-hydrogen) atoms. The molecule has 5 heteroatoms. The Morgan fingerprint density at radius 2 is 1.89 bits per heavy atom. The standard InChI is InChI=1S/C32H39N3OSi/c1-6-8-17-34(3)32(36)25-14-10-9-13-24(25)31-26-16-15-23(33)20-29(26)37(4,5)30-21-28-22(19-27(30)31)12-11-18-35(28)7-2/h9-10,13-16,19-21,33H,6-8,11-12,17-18H2,1-5H3. The van der Waals surface area contributed by atoms with Crippen molar-refractivity contribution >= 4 is 36.1 Å². The third-order valence-corrected chi connectivity index (χ3v) is 11.9. The molecule has 4 nitrogen and oxygen atoms in total. The fraction of sp³-hybridized carbons (Fsp3) is 0.375. The molecule has 1 N–H and O–H groups in total. The molecule has 0 aromatic heterocycles. The highest BCUT2D eigenvalue weighted by atomic mass is 28.3. The number of carbonyl (C=O) groups is 1. The minimum atomic E-state index is -2.09. The topological polar surface area (TPSA) is 47.4 Å². The Labute approximate surface area is 222 Å². The molecule has 0 spiro atoms. The predicted molar refractivity (Wildman–Crippen MR) is 159 cm³/mol. The molecule has 1 amide bonds. The number of benzene rings is 2.